The van der Waals surface area contributed by atoms with Gasteiger partial charge in [-0.1, -0.05) is 30.3 Å². The fourth-order valence-electron chi connectivity index (χ4n) is 2.18. The SMILES string of the molecule is O=C(Nc1ccccc1S)Nc1ccccc1-c1n[nH]c(=S)[nH]c1=O. The van der Waals surface area contributed by atoms with Crippen molar-refractivity contribution in [2.75, 3.05) is 10.6 Å². The molecule has 7 nitrogen and oxygen atoms in total. The number of para-hydroxylation sites is 2. The summed E-state index contributed by atoms with van der Waals surface area (Å²) in [5.74, 6) is 0. The first-order valence-electron chi connectivity index (χ1n) is 7.19. The van der Waals surface area contributed by atoms with E-state index < -0.39 is 11.6 Å². The Hall–Kier alpha value is -2.91. The lowest BCUT2D eigenvalue weighted by molar-refractivity contribution is 0.262. The van der Waals surface area contributed by atoms with Crippen molar-refractivity contribution in [1.82, 2.24) is 15.2 Å². The Balaban J connectivity index is 1.89. The van der Waals surface area contributed by atoms with Crippen LogP contribution >= 0.6 is 24.8 Å². The zero-order chi connectivity index (χ0) is 17.8. The number of hydrogen-bond acceptors (Lipinski definition) is 5. The zero-order valence-electron chi connectivity index (χ0n) is 12.7. The van der Waals surface area contributed by atoms with Gasteiger partial charge in [0.05, 0.1) is 11.4 Å². The fourth-order valence-corrected chi connectivity index (χ4v) is 2.54. The molecule has 2 amide bonds. The Kier molecular flexibility index (Phi) is 4.96. The molecule has 0 saturated carbocycles. The number of anilines is 2. The summed E-state index contributed by atoms with van der Waals surface area (Å²) in [6, 6.07) is 13.5. The third-order valence-electron chi connectivity index (χ3n) is 3.29. The molecule has 1 aromatic heterocycles. The van der Waals surface area contributed by atoms with Gasteiger partial charge in [-0.3, -0.25) is 14.9 Å². The van der Waals surface area contributed by atoms with E-state index in [0.717, 1.165) is 0 Å². The Morgan fingerprint density at radius 3 is 2.40 bits per heavy atom. The molecule has 0 atom stereocenters. The van der Waals surface area contributed by atoms with Gasteiger partial charge < -0.3 is 10.6 Å². The molecule has 0 bridgehead atoms. The summed E-state index contributed by atoms with van der Waals surface area (Å²) >= 11 is 9.12. The predicted molar refractivity (Wildman–Crippen MR) is 102 cm³/mol. The highest BCUT2D eigenvalue weighted by Crippen LogP contribution is 2.24. The van der Waals surface area contributed by atoms with Gasteiger partial charge >= 0.3 is 6.03 Å². The summed E-state index contributed by atoms with van der Waals surface area (Å²) in [5, 5.41) is 11.9. The zero-order valence-corrected chi connectivity index (χ0v) is 14.4. The number of aromatic nitrogens is 3. The second-order valence-corrected chi connectivity index (χ2v) is 5.89. The Bertz CT molecular complexity index is 1040. The quantitative estimate of drug-likeness (QED) is 0.359. The van der Waals surface area contributed by atoms with Crippen LogP contribution in [0.1, 0.15) is 0 Å². The largest absolute Gasteiger partial charge is 0.323 e. The van der Waals surface area contributed by atoms with Crippen molar-refractivity contribution in [1.29, 1.82) is 0 Å². The Morgan fingerprint density at radius 1 is 1.04 bits per heavy atom. The van der Waals surface area contributed by atoms with Gasteiger partial charge in [0.1, 0.15) is 0 Å². The first-order valence-corrected chi connectivity index (χ1v) is 8.04. The fraction of sp³-hybridized carbons (Fsp3) is 0. The molecule has 9 heteroatoms. The number of carbonyl (C=O) groups is 1. The number of hydrogen-bond donors (Lipinski definition) is 5. The number of carbonyl (C=O) groups excluding carboxylic acids is 1. The topological polar surface area (TPSA) is 103 Å². The van der Waals surface area contributed by atoms with Gasteiger partial charge in [-0.2, -0.15) is 5.10 Å². The van der Waals surface area contributed by atoms with Crippen molar-refractivity contribution in [2.24, 2.45) is 0 Å². The molecular weight excluding hydrogens is 358 g/mol. The van der Waals surface area contributed by atoms with E-state index in [9.17, 15) is 9.59 Å². The Labute approximate surface area is 152 Å². The van der Waals surface area contributed by atoms with Crippen molar-refractivity contribution in [3.05, 3.63) is 63.7 Å². The predicted octanol–water partition coefficient (Wildman–Crippen LogP) is 3.43. The standard InChI is InChI=1S/C16H13N5O2S2/c22-14-13(20-21-16(25)19-14)9-5-1-2-6-10(9)17-15(23)18-11-7-3-4-8-12(11)24/h1-8,24H,(H2,17,18,23)(H2,19,21,22,25). The second-order valence-electron chi connectivity index (χ2n) is 5.00. The van der Waals surface area contributed by atoms with Crippen LogP contribution in [0, 0.1) is 4.77 Å². The van der Waals surface area contributed by atoms with Crippen LogP contribution in [0.4, 0.5) is 16.2 Å². The Morgan fingerprint density at radius 2 is 1.68 bits per heavy atom. The van der Waals surface area contributed by atoms with E-state index >= 15 is 0 Å². The van der Waals surface area contributed by atoms with E-state index in [-0.39, 0.29) is 10.5 Å². The normalized spacial score (nSPS) is 10.3. The van der Waals surface area contributed by atoms with E-state index in [4.69, 9.17) is 12.2 Å². The van der Waals surface area contributed by atoms with Crippen LogP contribution in [0.3, 0.4) is 0 Å². The maximum Gasteiger partial charge on any atom is 0.323 e. The number of urea groups is 1. The van der Waals surface area contributed by atoms with Gasteiger partial charge in [0.15, 0.2) is 10.5 Å². The monoisotopic (exact) mass is 371 g/mol. The minimum atomic E-state index is -0.464. The van der Waals surface area contributed by atoms with E-state index in [2.05, 4.69) is 38.4 Å². The van der Waals surface area contributed by atoms with Gasteiger partial charge in [-0.25, -0.2) is 4.79 Å². The van der Waals surface area contributed by atoms with Crippen molar-refractivity contribution >= 4 is 42.3 Å². The maximum absolute atomic E-state index is 12.3. The minimum Gasteiger partial charge on any atom is -0.307 e. The molecule has 0 aliphatic rings. The van der Waals surface area contributed by atoms with Gasteiger partial charge in [-0.15, -0.1) is 12.6 Å². The number of nitrogens with zero attached hydrogens (tertiary/aromatic N) is 1. The number of H-pyrrole nitrogens is 2. The van der Waals surface area contributed by atoms with E-state index in [1.165, 1.54) is 0 Å². The first-order chi connectivity index (χ1) is 12.0. The van der Waals surface area contributed by atoms with Crippen LogP contribution in [0.5, 0.6) is 0 Å². The molecule has 25 heavy (non-hydrogen) atoms. The van der Waals surface area contributed by atoms with Gasteiger partial charge in [0.25, 0.3) is 5.56 Å². The van der Waals surface area contributed by atoms with E-state index in [0.29, 0.717) is 21.8 Å². The third kappa shape index (κ3) is 3.95. The van der Waals surface area contributed by atoms with Gasteiger partial charge in [0, 0.05) is 10.5 Å². The molecule has 0 fully saturated rings. The number of nitrogens with one attached hydrogen (secondary N) is 4. The van der Waals surface area contributed by atoms with Crippen LogP contribution in [0.25, 0.3) is 11.3 Å². The highest BCUT2D eigenvalue weighted by atomic mass is 32.1. The summed E-state index contributed by atoms with van der Waals surface area (Å²) < 4.78 is 0.127. The molecule has 126 valence electrons. The highest BCUT2D eigenvalue weighted by Gasteiger charge is 2.13. The average Bonchev–Trinajstić information content (AvgIpc) is 2.58. The molecule has 0 spiro atoms. The third-order valence-corrected chi connectivity index (χ3v) is 3.88. The lowest BCUT2D eigenvalue weighted by Gasteiger charge is -2.12. The van der Waals surface area contributed by atoms with Crippen LogP contribution in [-0.4, -0.2) is 21.2 Å². The summed E-state index contributed by atoms with van der Waals surface area (Å²) in [7, 11) is 0. The minimum absolute atomic E-state index is 0.124. The molecule has 0 unspecified atom stereocenters. The van der Waals surface area contributed by atoms with Gasteiger partial charge in [-0.05, 0) is 30.4 Å². The molecule has 3 aromatic rings. The number of amides is 2. The number of rotatable bonds is 3. The smallest absolute Gasteiger partial charge is 0.307 e. The van der Waals surface area contributed by atoms with Crippen LogP contribution < -0.4 is 16.2 Å². The molecule has 0 aliphatic heterocycles. The second kappa shape index (κ2) is 7.32. The van der Waals surface area contributed by atoms with Crippen LogP contribution in [0.15, 0.2) is 58.2 Å². The van der Waals surface area contributed by atoms with Crippen molar-refractivity contribution in [2.45, 2.75) is 4.90 Å². The summed E-state index contributed by atoms with van der Waals surface area (Å²) in [6.45, 7) is 0. The maximum atomic E-state index is 12.3. The van der Waals surface area contributed by atoms with Crippen molar-refractivity contribution in [3.63, 3.8) is 0 Å². The van der Waals surface area contributed by atoms with Crippen molar-refractivity contribution in [3.8, 4) is 11.3 Å². The lowest BCUT2D eigenvalue weighted by Crippen LogP contribution is -2.21. The molecule has 0 aliphatic carbocycles. The molecule has 1 heterocycles. The molecule has 0 saturated heterocycles. The molecule has 4 N–H and O–H groups in total. The van der Waals surface area contributed by atoms with Gasteiger partial charge in [0.2, 0.25) is 0 Å². The van der Waals surface area contributed by atoms with Crippen LogP contribution in [-0.2, 0) is 0 Å². The number of aromatic amines is 2. The molecular formula is C16H13N5O2S2. The first kappa shape index (κ1) is 16.9. The van der Waals surface area contributed by atoms with Crippen LogP contribution in [0.2, 0.25) is 0 Å². The average molecular weight is 371 g/mol. The van der Waals surface area contributed by atoms with E-state index in [1.807, 2.05) is 6.07 Å². The molecule has 0 radical (unpaired) electrons. The van der Waals surface area contributed by atoms with Crippen molar-refractivity contribution < 1.29 is 4.79 Å². The lowest BCUT2D eigenvalue weighted by atomic mass is 10.1. The summed E-state index contributed by atoms with van der Waals surface area (Å²) in [4.78, 5) is 27.4. The molecule has 2 aromatic carbocycles. The summed E-state index contributed by atoms with van der Waals surface area (Å²) in [6.07, 6.45) is 0. The van der Waals surface area contributed by atoms with E-state index in [1.54, 1.807) is 42.5 Å². The molecule has 3 rings (SSSR count). The number of benzene rings is 2. The number of thiol groups is 1. The highest BCUT2D eigenvalue weighted by molar-refractivity contribution is 7.80. The summed E-state index contributed by atoms with van der Waals surface area (Å²) in [5.41, 5.74) is 1.14.